The maximum absolute atomic E-state index is 13.9. The Balaban J connectivity index is 1.57. The van der Waals surface area contributed by atoms with Gasteiger partial charge in [0.25, 0.3) is 0 Å². The molecule has 0 unspecified atom stereocenters. The molecular formula is C24H20N2O2S. The second-order valence-electron chi connectivity index (χ2n) is 7.03. The zero-order chi connectivity index (χ0) is 19.6. The maximum atomic E-state index is 13.9. The zero-order valence-corrected chi connectivity index (χ0v) is 16.6. The summed E-state index contributed by atoms with van der Waals surface area (Å²) in [6.07, 6.45) is 0.955. The van der Waals surface area contributed by atoms with Crippen molar-refractivity contribution < 1.29 is 9.53 Å². The highest BCUT2D eigenvalue weighted by molar-refractivity contribution is 8.13. The Hall–Kier alpha value is -3.05. The van der Waals surface area contributed by atoms with E-state index in [1.165, 1.54) is 0 Å². The predicted octanol–water partition coefficient (Wildman–Crippen LogP) is 5.58. The van der Waals surface area contributed by atoms with Crippen LogP contribution in [0.15, 0.2) is 83.9 Å². The molecule has 0 saturated carbocycles. The molecule has 0 bridgehead atoms. The van der Waals surface area contributed by atoms with Gasteiger partial charge in [0.2, 0.25) is 5.91 Å². The summed E-state index contributed by atoms with van der Waals surface area (Å²) in [6, 6.07) is 25.4. The summed E-state index contributed by atoms with van der Waals surface area (Å²) in [6.45, 7) is 0.680. The van der Waals surface area contributed by atoms with Gasteiger partial charge in [-0.2, -0.15) is 0 Å². The van der Waals surface area contributed by atoms with E-state index in [0.29, 0.717) is 6.54 Å². The Bertz CT molecular complexity index is 1040. The number of hydrogen-bond donors (Lipinski definition) is 0. The molecule has 3 aromatic carbocycles. The van der Waals surface area contributed by atoms with E-state index in [1.54, 1.807) is 11.8 Å². The number of amides is 1. The van der Waals surface area contributed by atoms with E-state index in [2.05, 4.69) is 0 Å². The fourth-order valence-electron chi connectivity index (χ4n) is 3.80. The van der Waals surface area contributed by atoms with Crippen LogP contribution in [0.2, 0.25) is 0 Å². The average molecular weight is 401 g/mol. The Morgan fingerprint density at radius 3 is 2.21 bits per heavy atom. The smallest absolute Gasteiger partial charge is 0.240 e. The molecule has 0 spiro atoms. The second-order valence-corrected chi connectivity index (χ2v) is 8.09. The van der Waals surface area contributed by atoms with E-state index in [4.69, 9.17) is 9.73 Å². The summed E-state index contributed by atoms with van der Waals surface area (Å²) in [5.74, 6) is 2.12. The number of ether oxygens (including phenoxy) is 1. The van der Waals surface area contributed by atoms with Gasteiger partial charge < -0.3 is 4.74 Å². The Labute approximate surface area is 174 Å². The number of benzene rings is 3. The molecule has 144 valence electrons. The van der Waals surface area contributed by atoms with E-state index in [-0.39, 0.29) is 5.91 Å². The van der Waals surface area contributed by atoms with Gasteiger partial charge in [0, 0.05) is 23.4 Å². The third-order valence-corrected chi connectivity index (χ3v) is 6.22. The number of amidine groups is 1. The summed E-state index contributed by atoms with van der Waals surface area (Å²) >= 11 is 1.64. The van der Waals surface area contributed by atoms with Crippen LogP contribution in [0.25, 0.3) is 0 Å². The van der Waals surface area contributed by atoms with Crippen molar-refractivity contribution in [3.05, 3.63) is 90.0 Å². The van der Waals surface area contributed by atoms with Crippen molar-refractivity contribution in [2.75, 3.05) is 12.3 Å². The van der Waals surface area contributed by atoms with Gasteiger partial charge in [-0.3, -0.25) is 9.69 Å². The SMILES string of the molecule is O=C(C1c2ccccc2Oc2ccccc21)N1CCCSC1=Nc1ccccc1. The van der Waals surface area contributed by atoms with Crippen LogP contribution in [0.5, 0.6) is 11.5 Å². The van der Waals surface area contributed by atoms with Gasteiger partial charge in [-0.15, -0.1) is 0 Å². The van der Waals surface area contributed by atoms with Crippen LogP contribution in [0.4, 0.5) is 5.69 Å². The van der Waals surface area contributed by atoms with Gasteiger partial charge in [0.05, 0.1) is 11.6 Å². The van der Waals surface area contributed by atoms with Gasteiger partial charge >= 0.3 is 0 Å². The zero-order valence-electron chi connectivity index (χ0n) is 15.8. The summed E-state index contributed by atoms with van der Waals surface area (Å²) in [5, 5.41) is 0.772. The number of nitrogens with zero attached hydrogens (tertiary/aromatic N) is 2. The number of thioether (sulfide) groups is 1. The van der Waals surface area contributed by atoms with E-state index in [0.717, 1.165) is 45.7 Å². The van der Waals surface area contributed by atoms with E-state index in [9.17, 15) is 4.79 Å². The van der Waals surface area contributed by atoms with Crippen molar-refractivity contribution in [2.24, 2.45) is 4.99 Å². The topological polar surface area (TPSA) is 41.9 Å². The van der Waals surface area contributed by atoms with Crippen molar-refractivity contribution >= 4 is 28.5 Å². The fraction of sp³-hybridized carbons (Fsp3) is 0.167. The summed E-state index contributed by atoms with van der Waals surface area (Å²) in [5.41, 5.74) is 2.68. The summed E-state index contributed by atoms with van der Waals surface area (Å²) in [7, 11) is 0. The molecule has 1 saturated heterocycles. The van der Waals surface area contributed by atoms with Crippen LogP contribution in [0.1, 0.15) is 23.5 Å². The number of rotatable bonds is 2. The minimum atomic E-state index is -0.393. The molecule has 0 atom stereocenters. The fourth-order valence-corrected chi connectivity index (χ4v) is 4.76. The second kappa shape index (κ2) is 7.76. The molecule has 4 nitrogen and oxygen atoms in total. The van der Waals surface area contributed by atoms with Crippen LogP contribution in [0.3, 0.4) is 0 Å². The van der Waals surface area contributed by atoms with Gasteiger partial charge in [0.15, 0.2) is 5.17 Å². The predicted molar refractivity (Wildman–Crippen MR) is 117 cm³/mol. The molecule has 0 aliphatic carbocycles. The van der Waals surface area contributed by atoms with Crippen molar-refractivity contribution in [1.82, 2.24) is 4.90 Å². The highest BCUT2D eigenvalue weighted by Gasteiger charge is 2.37. The first kappa shape index (κ1) is 18.0. The molecule has 0 radical (unpaired) electrons. The van der Waals surface area contributed by atoms with Crippen molar-refractivity contribution in [3.8, 4) is 11.5 Å². The first-order valence-corrected chi connectivity index (χ1v) is 10.7. The lowest BCUT2D eigenvalue weighted by atomic mass is 9.87. The molecule has 2 aliphatic heterocycles. The number of para-hydroxylation sites is 3. The van der Waals surface area contributed by atoms with Crippen molar-refractivity contribution in [2.45, 2.75) is 12.3 Å². The Kier molecular flexibility index (Phi) is 4.82. The molecule has 0 aromatic heterocycles. The number of fused-ring (bicyclic) bond motifs is 2. The maximum Gasteiger partial charge on any atom is 0.240 e. The number of hydrogen-bond acceptors (Lipinski definition) is 4. The molecule has 1 fully saturated rings. The number of aliphatic imine (C=N–C) groups is 1. The lowest BCUT2D eigenvalue weighted by Gasteiger charge is -2.34. The van der Waals surface area contributed by atoms with Gasteiger partial charge in [-0.1, -0.05) is 66.4 Å². The molecule has 1 amide bonds. The van der Waals surface area contributed by atoms with E-state index in [1.807, 2.05) is 83.8 Å². The highest BCUT2D eigenvalue weighted by Crippen LogP contribution is 2.45. The molecule has 3 aromatic rings. The van der Waals surface area contributed by atoms with Crippen LogP contribution < -0.4 is 4.74 Å². The minimum Gasteiger partial charge on any atom is -0.457 e. The third-order valence-electron chi connectivity index (χ3n) is 5.16. The monoisotopic (exact) mass is 400 g/mol. The van der Waals surface area contributed by atoms with Gasteiger partial charge in [0.1, 0.15) is 11.5 Å². The van der Waals surface area contributed by atoms with Crippen LogP contribution in [-0.2, 0) is 4.79 Å². The summed E-state index contributed by atoms with van der Waals surface area (Å²) < 4.78 is 6.06. The number of carbonyl (C=O) groups is 1. The van der Waals surface area contributed by atoms with Crippen LogP contribution in [0, 0.1) is 0 Å². The summed E-state index contributed by atoms with van der Waals surface area (Å²) in [4.78, 5) is 20.5. The van der Waals surface area contributed by atoms with Gasteiger partial charge in [-0.05, 0) is 30.7 Å². The lowest BCUT2D eigenvalue weighted by molar-refractivity contribution is -0.128. The Morgan fingerprint density at radius 1 is 0.897 bits per heavy atom. The van der Waals surface area contributed by atoms with Crippen LogP contribution >= 0.6 is 11.8 Å². The molecule has 29 heavy (non-hydrogen) atoms. The average Bonchev–Trinajstić information content (AvgIpc) is 2.78. The molecule has 0 N–H and O–H groups in total. The quantitative estimate of drug-likeness (QED) is 0.564. The largest absolute Gasteiger partial charge is 0.457 e. The highest BCUT2D eigenvalue weighted by atomic mass is 32.2. The molecular weight excluding hydrogens is 380 g/mol. The lowest BCUT2D eigenvalue weighted by Crippen LogP contribution is -2.42. The normalized spacial score (nSPS) is 17.4. The first-order chi connectivity index (χ1) is 14.3. The Morgan fingerprint density at radius 2 is 1.52 bits per heavy atom. The molecule has 2 heterocycles. The van der Waals surface area contributed by atoms with E-state index < -0.39 is 5.92 Å². The molecule has 5 heteroatoms. The van der Waals surface area contributed by atoms with E-state index >= 15 is 0 Å². The minimum absolute atomic E-state index is 0.0510. The first-order valence-electron chi connectivity index (χ1n) is 9.75. The number of carbonyl (C=O) groups excluding carboxylic acids is 1. The molecule has 5 rings (SSSR count). The van der Waals surface area contributed by atoms with Crippen LogP contribution in [-0.4, -0.2) is 28.3 Å². The third kappa shape index (κ3) is 3.42. The molecule has 2 aliphatic rings. The standard InChI is InChI=1S/C24H20N2O2S/c27-23(26-15-8-16-29-24(26)25-17-9-2-1-3-10-17)22-18-11-4-6-13-20(18)28-21-14-7-5-12-19(21)22/h1-7,9-14,22H,8,15-16H2. The van der Waals surface area contributed by atoms with Crippen molar-refractivity contribution in [1.29, 1.82) is 0 Å². The van der Waals surface area contributed by atoms with Gasteiger partial charge in [-0.25, -0.2) is 4.99 Å². The van der Waals surface area contributed by atoms with Crippen molar-refractivity contribution in [3.63, 3.8) is 0 Å².